The summed E-state index contributed by atoms with van der Waals surface area (Å²) in [6.07, 6.45) is 8.28. The molecule has 3 rings (SSSR count). The third-order valence-corrected chi connectivity index (χ3v) is 4.45. The largest absolute Gasteiger partial charge is 0.494 e. The second kappa shape index (κ2) is 6.86. The third-order valence-electron chi connectivity index (χ3n) is 4.45. The minimum atomic E-state index is 0.0332. The molecule has 122 valence electrons. The van der Waals surface area contributed by atoms with Gasteiger partial charge in [-0.15, -0.1) is 0 Å². The Morgan fingerprint density at radius 2 is 2.22 bits per heavy atom. The number of methoxy groups -OCH3 is 1. The summed E-state index contributed by atoms with van der Waals surface area (Å²) in [6, 6.07) is 5.47. The molecule has 1 N–H and O–H groups in total. The summed E-state index contributed by atoms with van der Waals surface area (Å²) in [5.74, 6) is 0.808. The van der Waals surface area contributed by atoms with Gasteiger partial charge in [-0.2, -0.15) is 0 Å². The number of allylic oxidation sites excluding steroid dienone is 2. The lowest BCUT2D eigenvalue weighted by molar-refractivity contribution is -0.120. The highest BCUT2D eigenvalue weighted by atomic mass is 16.5. The van der Waals surface area contributed by atoms with Gasteiger partial charge >= 0.3 is 0 Å². The maximum Gasteiger partial charge on any atom is 0.227 e. The third kappa shape index (κ3) is 3.38. The van der Waals surface area contributed by atoms with Gasteiger partial charge in [0.05, 0.1) is 12.8 Å². The molecule has 5 nitrogen and oxygen atoms in total. The Labute approximate surface area is 136 Å². The molecule has 1 aliphatic heterocycles. The molecule has 23 heavy (non-hydrogen) atoms. The zero-order chi connectivity index (χ0) is 16.2. The number of carbonyl (C=O) groups is 2. The number of amides is 2. The Morgan fingerprint density at radius 3 is 2.87 bits per heavy atom. The SMILES string of the molecule is COc1cc(NC(=O)C2CC=CCC2)ccc1N1CCCC1=O. The van der Waals surface area contributed by atoms with E-state index < -0.39 is 0 Å². The van der Waals surface area contributed by atoms with E-state index in [-0.39, 0.29) is 17.7 Å². The maximum atomic E-state index is 12.3. The van der Waals surface area contributed by atoms with Gasteiger partial charge in [0.2, 0.25) is 11.8 Å². The van der Waals surface area contributed by atoms with Gasteiger partial charge in [0.25, 0.3) is 0 Å². The number of rotatable bonds is 4. The van der Waals surface area contributed by atoms with E-state index in [1.165, 1.54) is 0 Å². The van der Waals surface area contributed by atoms with Gasteiger partial charge in [-0.05, 0) is 37.8 Å². The van der Waals surface area contributed by atoms with E-state index in [2.05, 4.69) is 17.5 Å². The highest BCUT2D eigenvalue weighted by molar-refractivity contribution is 5.98. The predicted octanol–water partition coefficient (Wildman–Crippen LogP) is 3.12. The van der Waals surface area contributed by atoms with Crippen molar-refractivity contribution in [1.29, 1.82) is 0 Å². The molecular weight excluding hydrogens is 292 g/mol. The van der Waals surface area contributed by atoms with Crippen molar-refractivity contribution in [1.82, 2.24) is 0 Å². The number of ether oxygens (including phenoxy) is 1. The molecule has 0 saturated carbocycles. The second-order valence-electron chi connectivity index (χ2n) is 6.01. The number of hydrogen-bond donors (Lipinski definition) is 1. The van der Waals surface area contributed by atoms with Gasteiger partial charge in [-0.3, -0.25) is 9.59 Å². The Hall–Kier alpha value is -2.30. The summed E-state index contributed by atoms with van der Waals surface area (Å²) in [5, 5.41) is 2.96. The monoisotopic (exact) mass is 314 g/mol. The van der Waals surface area contributed by atoms with Crippen LogP contribution < -0.4 is 15.0 Å². The summed E-state index contributed by atoms with van der Waals surface area (Å²) in [4.78, 5) is 26.0. The van der Waals surface area contributed by atoms with Gasteiger partial charge in [0.15, 0.2) is 0 Å². The van der Waals surface area contributed by atoms with E-state index in [1.807, 2.05) is 12.1 Å². The highest BCUT2D eigenvalue weighted by Gasteiger charge is 2.25. The first-order valence-electron chi connectivity index (χ1n) is 8.13. The van der Waals surface area contributed by atoms with Crippen LogP contribution in [-0.2, 0) is 9.59 Å². The lowest BCUT2D eigenvalue weighted by Crippen LogP contribution is -2.25. The Kier molecular flexibility index (Phi) is 4.65. The molecule has 5 heteroatoms. The van der Waals surface area contributed by atoms with Crippen LogP contribution in [0, 0.1) is 5.92 Å². The first-order valence-corrected chi connectivity index (χ1v) is 8.13. The molecule has 0 radical (unpaired) electrons. The summed E-state index contributed by atoms with van der Waals surface area (Å²) in [6.45, 7) is 0.718. The van der Waals surface area contributed by atoms with E-state index in [0.717, 1.165) is 37.9 Å². The number of anilines is 2. The van der Waals surface area contributed by atoms with Gasteiger partial charge in [0.1, 0.15) is 5.75 Å². The molecule has 1 atom stereocenters. The standard InChI is InChI=1S/C18H22N2O3/c1-23-16-12-14(19-18(22)13-6-3-2-4-7-13)9-10-15(16)20-11-5-8-17(20)21/h2-3,9-10,12-13H,4-8,11H2,1H3,(H,19,22). The van der Waals surface area contributed by atoms with E-state index in [9.17, 15) is 9.59 Å². The van der Waals surface area contributed by atoms with Crippen LogP contribution in [0.25, 0.3) is 0 Å². The normalized spacial score (nSPS) is 20.7. The number of nitrogens with one attached hydrogen (secondary N) is 1. The Bertz CT molecular complexity index is 639. The van der Waals surface area contributed by atoms with Crippen LogP contribution in [0.15, 0.2) is 30.4 Å². The maximum absolute atomic E-state index is 12.3. The fourth-order valence-corrected chi connectivity index (χ4v) is 3.16. The minimum absolute atomic E-state index is 0.0332. The van der Waals surface area contributed by atoms with Gasteiger partial charge in [-0.25, -0.2) is 0 Å². The van der Waals surface area contributed by atoms with Crippen LogP contribution in [0.5, 0.6) is 5.75 Å². The number of carbonyl (C=O) groups excluding carboxylic acids is 2. The summed E-state index contributed by atoms with van der Waals surface area (Å²) < 4.78 is 5.42. The average molecular weight is 314 g/mol. The molecule has 0 spiro atoms. The topological polar surface area (TPSA) is 58.6 Å². The molecule has 1 aromatic carbocycles. The van der Waals surface area contributed by atoms with Crippen molar-refractivity contribution < 1.29 is 14.3 Å². The molecule has 1 unspecified atom stereocenters. The predicted molar refractivity (Wildman–Crippen MR) is 89.7 cm³/mol. The van der Waals surface area contributed by atoms with E-state index in [4.69, 9.17) is 4.74 Å². The minimum Gasteiger partial charge on any atom is -0.494 e. The Morgan fingerprint density at radius 1 is 1.35 bits per heavy atom. The summed E-state index contributed by atoms with van der Waals surface area (Å²) >= 11 is 0. The molecule has 1 heterocycles. The van der Waals surface area contributed by atoms with Gasteiger partial charge in [-0.1, -0.05) is 12.2 Å². The van der Waals surface area contributed by atoms with Crippen LogP contribution in [0.4, 0.5) is 11.4 Å². The number of benzene rings is 1. The molecule has 1 saturated heterocycles. The fraction of sp³-hybridized carbons (Fsp3) is 0.444. The fourth-order valence-electron chi connectivity index (χ4n) is 3.16. The smallest absolute Gasteiger partial charge is 0.227 e. The Balaban J connectivity index is 1.75. The lowest BCUT2D eigenvalue weighted by Gasteiger charge is -2.21. The number of hydrogen-bond acceptors (Lipinski definition) is 3. The van der Waals surface area contributed by atoms with Crippen LogP contribution in [0.2, 0.25) is 0 Å². The lowest BCUT2D eigenvalue weighted by atomic mass is 9.93. The first-order chi connectivity index (χ1) is 11.2. The number of nitrogens with zero attached hydrogens (tertiary/aromatic N) is 1. The van der Waals surface area contributed by atoms with Crippen molar-refractivity contribution in [3.8, 4) is 5.75 Å². The molecule has 0 bridgehead atoms. The molecular formula is C18H22N2O3. The van der Waals surface area contributed by atoms with Crippen LogP contribution in [-0.4, -0.2) is 25.5 Å². The first kappa shape index (κ1) is 15.6. The summed E-state index contributed by atoms with van der Waals surface area (Å²) in [7, 11) is 1.58. The van der Waals surface area contributed by atoms with E-state index in [1.54, 1.807) is 18.1 Å². The van der Waals surface area contributed by atoms with E-state index in [0.29, 0.717) is 17.9 Å². The summed E-state index contributed by atoms with van der Waals surface area (Å²) in [5.41, 5.74) is 1.48. The van der Waals surface area contributed by atoms with Crippen molar-refractivity contribution in [3.63, 3.8) is 0 Å². The van der Waals surface area contributed by atoms with Crippen molar-refractivity contribution >= 4 is 23.2 Å². The molecule has 1 aliphatic carbocycles. The molecule has 2 amide bonds. The zero-order valence-corrected chi connectivity index (χ0v) is 13.4. The second-order valence-corrected chi connectivity index (χ2v) is 6.01. The average Bonchev–Trinajstić information content (AvgIpc) is 3.01. The quantitative estimate of drug-likeness (QED) is 0.869. The van der Waals surface area contributed by atoms with Crippen molar-refractivity contribution in [2.75, 3.05) is 23.9 Å². The molecule has 2 aliphatic rings. The highest BCUT2D eigenvalue weighted by Crippen LogP contribution is 2.34. The van der Waals surface area contributed by atoms with Gasteiger partial charge in [0, 0.05) is 30.6 Å². The van der Waals surface area contributed by atoms with Crippen LogP contribution >= 0.6 is 0 Å². The molecule has 0 aromatic heterocycles. The van der Waals surface area contributed by atoms with Crippen LogP contribution in [0.3, 0.4) is 0 Å². The van der Waals surface area contributed by atoms with Gasteiger partial charge < -0.3 is 15.0 Å². The van der Waals surface area contributed by atoms with Crippen LogP contribution in [0.1, 0.15) is 32.1 Å². The zero-order valence-electron chi connectivity index (χ0n) is 13.4. The molecule has 1 aromatic rings. The van der Waals surface area contributed by atoms with Crippen molar-refractivity contribution in [3.05, 3.63) is 30.4 Å². The molecule has 1 fully saturated rings. The van der Waals surface area contributed by atoms with Crippen molar-refractivity contribution in [2.45, 2.75) is 32.1 Å². The van der Waals surface area contributed by atoms with E-state index >= 15 is 0 Å². The van der Waals surface area contributed by atoms with Crippen molar-refractivity contribution in [2.24, 2.45) is 5.92 Å².